The van der Waals surface area contributed by atoms with E-state index in [0.29, 0.717) is 23.7 Å². The molecule has 1 atom stereocenters. The monoisotopic (exact) mass is 391 g/mol. The Morgan fingerprint density at radius 1 is 1.07 bits per heavy atom. The van der Waals surface area contributed by atoms with Crippen molar-refractivity contribution in [2.24, 2.45) is 0 Å². The third-order valence-corrected chi connectivity index (χ3v) is 5.70. The first-order valence-corrected chi connectivity index (χ1v) is 10.1. The molecule has 1 aliphatic rings. The number of allylic oxidation sites excluding steroid dienone is 1. The molecule has 0 bridgehead atoms. The number of aryl methyl sites for hydroxylation is 1. The van der Waals surface area contributed by atoms with Crippen LogP contribution in [0.1, 0.15) is 61.3 Å². The molecule has 0 unspecified atom stereocenters. The fourth-order valence-corrected chi connectivity index (χ4v) is 3.85. The normalized spacial score (nSPS) is 17.1. The first kappa shape index (κ1) is 20.8. The molecular weight excluding hydrogens is 362 g/mol. The van der Waals surface area contributed by atoms with Gasteiger partial charge in [0.25, 0.3) is 0 Å². The van der Waals surface area contributed by atoms with E-state index in [1.54, 1.807) is 4.90 Å². The molecule has 152 valence electrons. The molecule has 0 aliphatic carbocycles. The van der Waals surface area contributed by atoms with Crippen LogP contribution in [-0.2, 0) is 20.9 Å². The lowest BCUT2D eigenvalue weighted by Crippen LogP contribution is -2.37. The van der Waals surface area contributed by atoms with Gasteiger partial charge in [-0.25, -0.2) is 4.79 Å². The van der Waals surface area contributed by atoms with Crippen molar-refractivity contribution in [2.45, 2.75) is 52.5 Å². The second-order valence-electron chi connectivity index (χ2n) is 8.03. The minimum Gasteiger partial charge on any atom is -0.466 e. The first-order chi connectivity index (χ1) is 13.8. The van der Waals surface area contributed by atoms with Gasteiger partial charge in [0, 0.05) is 18.0 Å². The second-order valence-corrected chi connectivity index (χ2v) is 8.03. The Hall–Kier alpha value is -2.88. The fourth-order valence-electron chi connectivity index (χ4n) is 3.85. The molecule has 2 aromatic carbocycles. The molecular formula is C25H29NO3. The Labute approximate surface area is 173 Å². The summed E-state index contributed by atoms with van der Waals surface area (Å²) in [7, 11) is 1.39. The molecule has 2 aromatic rings. The Morgan fingerprint density at radius 3 is 2.24 bits per heavy atom. The highest BCUT2D eigenvalue weighted by Crippen LogP contribution is 2.38. The number of hydrogen-bond donors (Lipinski definition) is 0. The van der Waals surface area contributed by atoms with Gasteiger partial charge in [-0.2, -0.15) is 0 Å². The van der Waals surface area contributed by atoms with E-state index in [1.165, 1.54) is 18.2 Å². The molecule has 4 heteroatoms. The molecule has 0 radical (unpaired) electrons. The van der Waals surface area contributed by atoms with Crippen LogP contribution in [0.15, 0.2) is 59.8 Å². The zero-order chi connectivity index (χ0) is 21.1. The van der Waals surface area contributed by atoms with Crippen molar-refractivity contribution in [1.82, 2.24) is 4.90 Å². The highest BCUT2D eigenvalue weighted by atomic mass is 16.5. The van der Waals surface area contributed by atoms with Gasteiger partial charge in [0.15, 0.2) is 0 Å². The van der Waals surface area contributed by atoms with Crippen LogP contribution >= 0.6 is 0 Å². The summed E-state index contributed by atoms with van der Waals surface area (Å²) in [4.78, 5) is 27.4. The quantitative estimate of drug-likeness (QED) is 0.668. The van der Waals surface area contributed by atoms with E-state index in [4.69, 9.17) is 4.74 Å². The standard InChI is InChI=1S/C25H29NO3/c1-16(2)20-10-12-21(13-11-20)22-14-23(27)26(18(4)24(22)25(28)29-5)15-19-8-6-17(3)7-9-19/h6-13,16,22H,14-15H2,1-5H3/t22-/m1/s1. The Kier molecular flexibility index (Phi) is 6.21. The SMILES string of the molecule is COC(=O)C1=C(C)N(Cc2ccc(C)cc2)C(=O)C[C@@H]1c1ccc(C(C)C)cc1. The largest absolute Gasteiger partial charge is 0.466 e. The van der Waals surface area contributed by atoms with E-state index < -0.39 is 0 Å². The van der Waals surface area contributed by atoms with Gasteiger partial charge in [0.05, 0.1) is 19.2 Å². The van der Waals surface area contributed by atoms with Gasteiger partial charge in [0.1, 0.15) is 0 Å². The van der Waals surface area contributed by atoms with Crippen LogP contribution in [-0.4, -0.2) is 23.9 Å². The number of ether oxygens (including phenoxy) is 1. The fraction of sp³-hybridized carbons (Fsp3) is 0.360. The molecule has 0 fully saturated rings. The predicted molar refractivity (Wildman–Crippen MR) is 114 cm³/mol. The molecule has 0 aromatic heterocycles. The second kappa shape index (κ2) is 8.64. The summed E-state index contributed by atoms with van der Waals surface area (Å²) in [5.74, 6) is -0.208. The topological polar surface area (TPSA) is 46.6 Å². The zero-order valence-corrected chi connectivity index (χ0v) is 17.9. The molecule has 1 aliphatic heterocycles. The summed E-state index contributed by atoms with van der Waals surface area (Å²) in [6.07, 6.45) is 0.259. The van der Waals surface area contributed by atoms with Crippen molar-refractivity contribution in [3.05, 3.63) is 82.1 Å². The third-order valence-electron chi connectivity index (χ3n) is 5.70. The smallest absolute Gasteiger partial charge is 0.336 e. The first-order valence-electron chi connectivity index (χ1n) is 10.1. The summed E-state index contributed by atoms with van der Waals surface area (Å²) in [5.41, 5.74) is 5.65. The van der Waals surface area contributed by atoms with Crippen LogP contribution < -0.4 is 0 Å². The van der Waals surface area contributed by atoms with Gasteiger partial charge >= 0.3 is 5.97 Å². The summed E-state index contributed by atoms with van der Waals surface area (Å²) in [5, 5.41) is 0. The highest BCUT2D eigenvalue weighted by Gasteiger charge is 2.36. The highest BCUT2D eigenvalue weighted by molar-refractivity contribution is 5.95. The van der Waals surface area contributed by atoms with Gasteiger partial charge in [-0.15, -0.1) is 0 Å². The van der Waals surface area contributed by atoms with E-state index in [9.17, 15) is 9.59 Å². The molecule has 29 heavy (non-hydrogen) atoms. The molecule has 0 saturated carbocycles. The number of benzene rings is 2. The van der Waals surface area contributed by atoms with Crippen molar-refractivity contribution in [2.75, 3.05) is 7.11 Å². The molecule has 1 amide bonds. The third kappa shape index (κ3) is 4.42. The summed E-state index contributed by atoms with van der Waals surface area (Å²) in [6, 6.07) is 16.3. The Morgan fingerprint density at radius 2 is 1.69 bits per heavy atom. The van der Waals surface area contributed by atoms with Crippen molar-refractivity contribution >= 4 is 11.9 Å². The lowest BCUT2D eigenvalue weighted by molar-refractivity contribution is -0.138. The van der Waals surface area contributed by atoms with Crippen LogP contribution in [0.3, 0.4) is 0 Å². The van der Waals surface area contributed by atoms with Crippen LogP contribution in [0.25, 0.3) is 0 Å². The average Bonchev–Trinajstić information content (AvgIpc) is 2.71. The minimum absolute atomic E-state index is 0.0219. The van der Waals surface area contributed by atoms with Gasteiger partial charge in [-0.05, 0) is 36.5 Å². The number of carbonyl (C=O) groups is 2. The van der Waals surface area contributed by atoms with Crippen molar-refractivity contribution < 1.29 is 14.3 Å². The van der Waals surface area contributed by atoms with Gasteiger partial charge in [-0.1, -0.05) is 67.9 Å². The molecule has 0 spiro atoms. The molecule has 0 saturated heterocycles. The number of methoxy groups -OCH3 is 1. The maximum absolute atomic E-state index is 13.0. The Balaban J connectivity index is 1.98. The average molecular weight is 392 g/mol. The molecule has 3 rings (SSSR count). The van der Waals surface area contributed by atoms with Gasteiger partial charge < -0.3 is 9.64 Å². The number of carbonyl (C=O) groups excluding carboxylic acids is 2. The number of amides is 1. The maximum atomic E-state index is 13.0. The number of nitrogens with zero attached hydrogens (tertiary/aromatic N) is 1. The van der Waals surface area contributed by atoms with E-state index in [1.807, 2.05) is 50.2 Å². The minimum atomic E-state index is -0.373. The number of rotatable bonds is 5. The molecule has 0 N–H and O–H groups in total. The summed E-state index contributed by atoms with van der Waals surface area (Å²) < 4.78 is 5.09. The van der Waals surface area contributed by atoms with E-state index >= 15 is 0 Å². The zero-order valence-electron chi connectivity index (χ0n) is 17.9. The van der Waals surface area contributed by atoms with E-state index in [0.717, 1.165) is 11.1 Å². The number of hydrogen-bond acceptors (Lipinski definition) is 3. The van der Waals surface area contributed by atoms with Gasteiger partial charge in [0.2, 0.25) is 5.91 Å². The van der Waals surface area contributed by atoms with Crippen LogP contribution in [0.5, 0.6) is 0 Å². The van der Waals surface area contributed by atoms with Gasteiger partial charge in [-0.3, -0.25) is 4.79 Å². The summed E-state index contributed by atoms with van der Waals surface area (Å²) in [6.45, 7) is 8.61. The predicted octanol–water partition coefficient (Wildman–Crippen LogP) is 5.08. The van der Waals surface area contributed by atoms with E-state index in [2.05, 4.69) is 26.0 Å². The van der Waals surface area contributed by atoms with Crippen LogP contribution in [0, 0.1) is 6.92 Å². The van der Waals surface area contributed by atoms with Crippen LogP contribution in [0.4, 0.5) is 0 Å². The number of esters is 1. The molecule has 1 heterocycles. The van der Waals surface area contributed by atoms with Crippen molar-refractivity contribution in [3.63, 3.8) is 0 Å². The summed E-state index contributed by atoms with van der Waals surface area (Å²) >= 11 is 0. The van der Waals surface area contributed by atoms with Crippen LogP contribution in [0.2, 0.25) is 0 Å². The Bertz CT molecular complexity index is 924. The van der Waals surface area contributed by atoms with Crippen molar-refractivity contribution in [1.29, 1.82) is 0 Å². The molecule has 4 nitrogen and oxygen atoms in total. The lowest BCUT2D eigenvalue weighted by Gasteiger charge is -2.34. The maximum Gasteiger partial charge on any atom is 0.336 e. The van der Waals surface area contributed by atoms with Crippen molar-refractivity contribution in [3.8, 4) is 0 Å². The lowest BCUT2D eigenvalue weighted by atomic mass is 9.83. The van der Waals surface area contributed by atoms with E-state index in [-0.39, 0.29) is 24.2 Å².